The van der Waals surface area contributed by atoms with Gasteiger partial charge in [-0.1, -0.05) is 24.3 Å². The van der Waals surface area contributed by atoms with E-state index in [-0.39, 0.29) is 43.3 Å². The van der Waals surface area contributed by atoms with Gasteiger partial charge in [0.25, 0.3) is 0 Å². The van der Waals surface area contributed by atoms with Crippen molar-refractivity contribution in [2.75, 3.05) is 31.3 Å². The Labute approximate surface area is 202 Å². The summed E-state index contributed by atoms with van der Waals surface area (Å²) in [6.07, 6.45) is 0.995. The number of fused-ring (bicyclic) bond motifs is 2. The Morgan fingerprint density at radius 1 is 1.03 bits per heavy atom. The van der Waals surface area contributed by atoms with Crippen LogP contribution in [0.5, 0.6) is 0 Å². The molecule has 1 amide bonds. The van der Waals surface area contributed by atoms with Crippen LogP contribution in [0, 0.1) is 0 Å². The molecular formula is C25H28N2O8. The summed E-state index contributed by atoms with van der Waals surface area (Å²) in [5.74, 6) is -3.95. The van der Waals surface area contributed by atoms with E-state index in [0.717, 1.165) is 0 Å². The number of rotatable bonds is 9. The molecule has 0 aromatic heterocycles. The van der Waals surface area contributed by atoms with Gasteiger partial charge in [-0.05, 0) is 26.8 Å². The highest BCUT2D eigenvalue weighted by Gasteiger charge is 2.64. The van der Waals surface area contributed by atoms with Crippen LogP contribution in [0.1, 0.15) is 32.8 Å². The number of hydrogen-bond acceptors (Lipinski definition) is 9. The summed E-state index contributed by atoms with van der Waals surface area (Å²) in [4.78, 5) is 54.7. The maximum atomic E-state index is 14.2. The van der Waals surface area contributed by atoms with Gasteiger partial charge in [-0.15, -0.1) is 6.58 Å². The normalized spacial score (nSPS) is 18.8. The summed E-state index contributed by atoms with van der Waals surface area (Å²) in [5.41, 5.74) is 4.19. The van der Waals surface area contributed by atoms with Crippen molar-refractivity contribution in [1.82, 2.24) is 0 Å². The van der Waals surface area contributed by atoms with Crippen LogP contribution in [-0.4, -0.2) is 50.2 Å². The molecule has 0 bridgehead atoms. The van der Waals surface area contributed by atoms with Crippen molar-refractivity contribution in [1.29, 1.82) is 0 Å². The second-order valence-electron chi connectivity index (χ2n) is 7.53. The molecule has 10 heteroatoms. The quantitative estimate of drug-likeness (QED) is 0.317. The smallest absolute Gasteiger partial charge is 0.341 e. The standard InChI is InChI=1S/C25H28N2O8/c1-5-13-27-16-12-10-9-11-15(16)25(24(27)31)19(22(29)33-7-3)17(14-18(28)32-6-2)35-21(26)20(25)23(30)34-8-4/h5,9-12H,1,6-8,13-14,26H2,2-4H3/t25-/m1/s1. The molecule has 0 aliphatic carbocycles. The Balaban J connectivity index is 2.44. The molecule has 10 nitrogen and oxygen atoms in total. The molecule has 2 N–H and O–H groups in total. The van der Waals surface area contributed by atoms with Crippen LogP contribution in [0.3, 0.4) is 0 Å². The number of anilines is 1. The number of para-hydroxylation sites is 1. The van der Waals surface area contributed by atoms with Crippen LogP contribution in [0.15, 0.2) is 59.7 Å². The average molecular weight is 485 g/mol. The zero-order chi connectivity index (χ0) is 25.8. The van der Waals surface area contributed by atoms with Crippen LogP contribution < -0.4 is 10.6 Å². The molecule has 3 rings (SSSR count). The van der Waals surface area contributed by atoms with Gasteiger partial charge in [0.2, 0.25) is 11.8 Å². The molecule has 186 valence electrons. The lowest BCUT2D eigenvalue weighted by molar-refractivity contribution is -0.144. The first-order valence-electron chi connectivity index (χ1n) is 11.2. The third kappa shape index (κ3) is 4.16. The number of hydrogen-bond donors (Lipinski definition) is 1. The van der Waals surface area contributed by atoms with Crippen LogP contribution in [0.25, 0.3) is 0 Å². The summed E-state index contributed by atoms with van der Waals surface area (Å²) < 4.78 is 21.2. The summed E-state index contributed by atoms with van der Waals surface area (Å²) in [6.45, 7) is 8.62. The number of carbonyl (C=O) groups excluding carboxylic acids is 4. The maximum Gasteiger partial charge on any atom is 0.341 e. The third-order valence-corrected chi connectivity index (χ3v) is 5.55. The van der Waals surface area contributed by atoms with Gasteiger partial charge in [-0.2, -0.15) is 0 Å². The molecule has 2 aliphatic rings. The minimum atomic E-state index is -2.07. The molecule has 1 aromatic carbocycles. The van der Waals surface area contributed by atoms with Gasteiger partial charge in [-0.25, -0.2) is 9.59 Å². The molecule has 0 saturated heterocycles. The van der Waals surface area contributed by atoms with Crippen LogP contribution in [-0.2, 0) is 43.5 Å². The molecular weight excluding hydrogens is 456 g/mol. The molecule has 1 spiro atoms. The predicted molar refractivity (Wildman–Crippen MR) is 125 cm³/mol. The van der Waals surface area contributed by atoms with Gasteiger partial charge < -0.3 is 29.6 Å². The predicted octanol–water partition coefficient (Wildman–Crippen LogP) is 1.99. The molecule has 1 aromatic rings. The second kappa shape index (κ2) is 10.5. The number of nitrogens with two attached hydrogens (primary N) is 1. The van der Waals surface area contributed by atoms with E-state index in [2.05, 4.69) is 6.58 Å². The van der Waals surface area contributed by atoms with E-state index in [9.17, 15) is 19.2 Å². The Bertz CT molecular complexity index is 1140. The van der Waals surface area contributed by atoms with E-state index in [1.165, 1.54) is 11.0 Å². The summed E-state index contributed by atoms with van der Waals surface area (Å²) in [6, 6.07) is 6.65. The lowest BCUT2D eigenvalue weighted by Gasteiger charge is -2.36. The zero-order valence-electron chi connectivity index (χ0n) is 19.9. The SMILES string of the molecule is C=CCN1C(=O)[C@]2(C(C(=O)OCC)=C(N)OC(CC(=O)OCC)=C2C(=O)OCC)c2ccccc21. The summed E-state index contributed by atoms with van der Waals surface area (Å²) >= 11 is 0. The van der Waals surface area contributed by atoms with E-state index < -0.39 is 41.5 Å². The Kier molecular flexibility index (Phi) is 7.63. The van der Waals surface area contributed by atoms with Crippen molar-refractivity contribution < 1.29 is 38.1 Å². The lowest BCUT2D eigenvalue weighted by atomic mass is 9.67. The summed E-state index contributed by atoms with van der Waals surface area (Å²) in [5, 5.41) is 0. The molecule has 35 heavy (non-hydrogen) atoms. The Morgan fingerprint density at radius 2 is 1.63 bits per heavy atom. The highest BCUT2D eigenvalue weighted by atomic mass is 16.6. The Hall–Kier alpha value is -4.08. The average Bonchev–Trinajstić information content (AvgIpc) is 3.03. The zero-order valence-corrected chi connectivity index (χ0v) is 19.9. The first-order chi connectivity index (χ1) is 16.8. The summed E-state index contributed by atoms with van der Waals surface area (Å²) in [7, 11) is 0. The second-order valence-corrected chi connectivity index (χ2v) is 7.53. The van der Waals surface area contributed by atoms with Crippen LogP contribution in [0.4, 0.5) is 5.69 Å². The van der Waals surface area contributed by atoms with Crippen molar-refractivity contribution in [3.05, 3.63) is 65.3 Å². The number of ether oxygens (including phenoxy) is 4. The molecule has 0 unspecified atom stereocenters. The van der Waals surface area contributed by atoms with Crippen molar-refractivity contribution in [3.63, 3.8) is 0 Å². The van der Waals surface area contributed by atoms with E-state index >= 15 is 0 Å². The van der Waals surface area contributed by atoms with E-state index in [1.54, 1.807) is 45.0 Å². The largest absolute Gasteiger partial charge is 0.466 e. The molecule has 2 aliphatic heterocycles. The topological polar surface area (TPSA) is 134 Å². The minimum Gasteiger partial charge on any atom is -0.466 e. The van der Waals surface area contributed by atoms with Crippen LogP contribution >= 0.6 is 0 Å². The monoisotopic (exact) mass is 484 g/mol. The fourth-order valence-electron chi connectivity index (χ4n) is 4.40. The first-order valence-corrected chi connectivity index (χ1v) is 11.2. The van der Waals surface area contributed by atoms with Crippen molar-refractivity contribution >= 4 is 29.5 Å². The lowest BCUT2D eigenvalue weighted by Crippen LogP contribution is -2.51. The molecule has 0 radical (unpaired) electrons. The Morgan fingerprint density at radius 3 is 2.23 bits per heavy atom. The number of benzene rings is 1. The van der Waals surface area contributed by atoms with E-state index in [0.29, 0.717) is 11.3 Å². The third-order valence-electron chi connectivity index (χ3n) is 5.55. The van der Waals surface area contributed by atoms with E-state index in [4.69, 9.17) is 24.7 Å². The highest BCUT2D eigenvalue weighted by Crippen LogP contribution is 2.55. The molecule has 2 heterocycles. The number of nitrogens with zero attached hydrogens (tertiary/aromatic N) is 1. The van der Waals surface area contributed by atoms with Crippen LogP contribution in [0.2, 0.25) is 0 Å². The highest BCUT2D eigenvalue weighted by molar-refractivity contribution is 6.22. The minimum absolute atomic E-state index is 0.0218. The number of amides is 1. The van der Waals surface area contributed by atoms with Gasteiger partial charge >= 0.3 is 17.9 Å². The van der Waals surface area contributed by atoms with Crippen molar-refractivity contribution in [2.45, 2.75) is 32.6 Å². The van der Waals surface area contributed by atoms with E-state index in [1.807, 2.05) is 0 Å². The van der Waals surface area contributed by atoms with Gasteiger partial charge in [-0.3, -0.25) is 9.59 Å². The fraction of sp³-hybridized carbons (Fsp3) is 0.360. The van der Waals surface area contributed by atoms with Gasteiger partial charge in [0.1, 0.15) is 28.7 Å². The van der Waals surface area contributed by atoms with Gasteiger partial charge in [0, 0.05) is 17.8 Å². The first kappa shape index (κ1) is 25.5. The number of carbonyl (C=O) groups is 4. The number of esters is 3. The van der Waals surface area contributed by atoms with Gasteiger partial charge in [0.15, 0.2) is 0 Å². The molecule has 0 saturated carbocycles. The fourth-order valence-corrected chi connectivity index (χ4v) is 4.40. The molecule has 1 atom stereocenters. The van der Waals surface area contributed by atoms with Crippen molar-refractivity contribution in [3.8, 4) is 0 Å². The van der Waals surface area contributed by atoms with Gasteiger partial charge in [0.05, 0.1) is 19.8 Å². The van der Waals surface area contributed by atoms with Crippen molar-refractivity contribution in [2.24, 2.45) is 5.73 Å². The molecule has 0 fully saturated rings. The maximum absolute atomic E-state index is 14.2.